The topological polar surface area (TPSA) is 74.0 Å². The Hall–Kier alpha value is -3.82. The molecule has 0 aliphatic carbocycles. The molecule has 148 valence electrons. The highest BCUT2D eigenvalue weighted by Gasteiger charge is 2.31. The summed E-state index contributed by atoms with van der Waals surface area (Å²) in [6.45, 7) is 0. The minimum absolute atomic E-state index is 0.186. The molecule has 29 heavy (non-hydrogen) atoms. The van der Waals surface area contributed by atoms with Crippen molar-refractivity contribution in [3.63, 3.8) is 0 Å². The van der Waals surface area contributed by atoms with Crippen LogP contribution in [-0.2, 0) is 7.05 Å². The lowest BCUT2D eigenvalue weighted by Gasteiger charge is -2.13. The zero-order chi connectivity index (χ0) is 20.6. The molecule has 0 aliphatic heterocycles. The van der Waals surface area contributed by atoms with Gasteiger partial charge in [-0.05, 0) is 36.4 Å². The third-order valence-corrected chi connectivity index (χ3v) is 4.08. The van der Waals surface area contributed by atoms with Crippen LogP contribution in [0.2, 0.25) is 0 Å². The van der Waals surface area contributed by atoms with Gasteiger partial charge in [-0.25, -0.2) is 9.66 Å². The number of hydrogen-bond acceptors (Lipinski definition) is 4. The summed E-state index contributed by atoms with van der Waals surface area (Å²) in [5.74, 6) is -0.853. The third kappa shape index (κ3) is 3.91. The van der Waals surface area contributed by atoms with Crippen LogP contribution < -0.4 is 10.2 Å². The van der Waals surface area contributed by atoms with Crippen LogP contribution in [0.5, 0.6) is 5.75 Å². The van der Waals surface area contributed by atoms with Crippen LogP contribution in [-0.4, -0.2) is 31.7 Å². The molecule has 0 spiro atoms. The summed E-state index contributed by atoms with van der Waals surface area (Å²) in [7, 11) is 1.68. The molecule has 0 fully saturated rings. The second-order valence-corrected chi connectivity index (χ2v) is 6.17. The van der Waals surface area contributed by atoms with Crippen molar-refractivity contribution in [1.82, 2.24) is 19.4 Å². The van der Waals surface area contributed by atoms with Crippen LogP contribution in [0.1, 0.15) is 10.5 Å². The molecule has 0 unspecified atom stereocenters. The molecule has 3 heterocycles. The van der Waals surface area contributed by atoms with Crippen LogP contribution in [0, 0.1) is 0 Å². The van der Waals surface area contributed by atoms with Gasteiger partial charge < -0.3 is 4.74 Å². The Bertz CT molecular complexity index is 1200. The van der Waals surface area contributed by atoms with Crippen LogP contribution in [0.4, 0.5) is 13.2 Å². The molecule has 4 rings (SSSR count). The van der Waals surface area contributed by atoms with E-state index in [4.69, 9.17) is 0 Å². The number of aromatic nitrogens is 4. The predicted molar refractivity (Wildman–Crippen MR) is 98.8 cm³/mol. The average molecular weight is 401 g/mol. The van der Waals surface area contributed by atoms with Crippen molar-refractivity contribution in [2.24, 2.45) is 7.05 Å². The number of halogens is 3. The van der Waals surface area contributed by atoms with E-state index in [1.54, 1.807) is 49.8 Å². The van der Waals surface area contributed by atoms with E-state index < -0.39 is 12.3 Å². The number of rotatable bonds is 4. The van der Waals surface area contributed by atoms with Gasteiger partial charge in [0.2, 0.25) is 0 Å². The Morgan fingerprint density at radius 1 is 1.14 bits per heavy atom. The lowest BCUT2D eigenvalue weighted by atomic mass is 10.1. The molecule has 1 N–H and O–H groups in total. The summed E-state index contributed by atoms with van der Waals surface area (Å²) in [6, 6.07) is 12.3. The minimum Gasteiger partial charge on any atom is -0.406 e. The first kappa shape index (κ1) is 18.5. The smallest absolute Gasteiger partial charge is 0.406 e. The summed E-state index contributed by atoms with van der Waals surface area (Å²) in [6.07, 6.45) is -1.63. The van der Waals surface area contributed by atoms with E-state index in [1.807, 2.05) is 0 Å². The summed E-state index contributed by atoms with van der Waals surface area (Å²) >= 11 is 0. The Kier molecular flexibility index (Phi) is 4.45. The van der Waals surface area contributed by atoms with Gasteiger partial charge in [0, 0.05) is 30.4 Å². The van der Waals surface area contributed by atoms with E-state index in [0.29, 0.717) is 22.3 Å². The zero-order valence-electron chi connectivity index (χ0n) is 15.0. The number of amides is 1. The molecule has 0 saturated heterocycles. The van der Waals surface area contributed by atoms with E-state index in [0.717, 1.165) is 0 Å². The number of carbonyl (C=O) groups excluding carboxylic acids is 1. The van der Waals surface area contributed by atoms with Gasteiger partial charge in [0.1, 0.15) is 5.75 Å². The number of alkyl halides is 3. The SMILES string of the molecule is Cn1ccc(C(=O)Nn2c(-c3cccc(OC(F)(F)F)c3)cc3cccnc32)n1. The van der Waals surface area contributed by atoms with Crippen molar-refractivity contribution in [1.29, 1.82) is 0 Å². The molecule has 4 aromatic rings. The predicted octanol–water partition coefficient (Wildman–Crippen LogP) is 3.72. The van der Waals surface area contributed by atoms with E-state index in [-0.39, 0.29) is 11.4 Å². The normalized spacial score (nSPS) is 11.6. The van der Waals surface area contributed by atoms with Crippen molar-refractivity contribution < 1.29 is 22.7 Å². The summed E-state index contributed by atoms with van der Waals surface area (Å²) < 4.78 is 44.6. The summed E-state index contributed by atoms with van der Waals surface area (Å²) in [5.41, 5.74) is 4.18. The molecule has 0 saturated carbocycles. The van der Waals surface area contributed by atoms with Gasteiger partial charge in [0.05, 0.1) is 5.69 Å². The van der Waals surface area contributed by atoms with E-state index in [1.165, 1.54) is 27.6 Å². The molecule has 10 heteroatoms. The number of nitrogens with one attached hydrogen (secondary N) is 1. The van der Waals surface area contributed by atoms with Crippen molar-refractivity contribution in [2.45, 2.75) is 6.36 Å². The Balaban J connectivity index is 1.78. The molecule has 0 atom stereocenters. The fourth-order valence-corrected chi connectivity index (χ4v) is 2.91. The maximum absolute atomic E-state index is 12.6. The first-order valence-electron chi connectivity index (χ1n) is 8.44. The molecule has 3 aromatic heterocycles. The second kappa shape index (κ2) is 6.97. The standard InChI is InChI=1S/C19H14F3N5O2/c1-26-9-7-15(24-26)18(28)25-27-16(11-13-5-3-8-23-17(13)27)12-4-2-6-14(10-12)29-19(20,21)22/h2-11H,1H3,(H,25,28). The fraction of sp³-hybridized carbons (Fsp3) is 0.105. The number of fused-ring (bicyclic) bond motifs is 1. The third-order valence-electron chi connectivity index (χ3n) is 4.08. The molecule has 0 aliphatic rings. The minimum atomic E-state index is -4.81. The number of nitrogens with zero attached hydrogens (tertiary/aromatic N) is 4. The largest absolute Gasteiger partial charge is 0.573 e. The van der Waals surface area contributed by atoms with Gasteiger partial charge >= 0.3 is 6.36 Å². The van der Waals surface area contributed by atoms with Gasteiger partial charge in [-0.2, -0.15) is 5.10 Å². The van der Waals surface area contributed by atoms with Crippen LogP contribution >= 0.6 is 0 Å². The average Bonchev–Trinajstić information content (AvgIpc) is 3.25. The van der Waals surface area contributed by atoms with Crippen LogP contribution in [0.15, 0.2) is 60.9 Å². The van der Waals surface area contributed by atoms with E-state index >= 15 is 0 Å². The first-order valence-corrected chi connectivity index (χ1v) is 8.44. The number of hydrogen-bond donors (Lipinski definition) is 1. The van der Waals surface area contributed by atoms with E-state index in [9.17, 15) is 18.0 Å². The van der Waals surface area contributed by atoms with Gasteiger partial charge in [0.25, 0.3) is 5.91 Å². The first-order chi connectivity index (χ1) is 13.8. The Morgan fingerprint density at radius 2 is 1.97 bits per heavy atom. The van der Waals surface area contributed by atoms with Crippen LogP contribution in [0.25, 0.3) is 22.3 Å². The lowest BCUT2D eigenvalue weighted by Crippen LogP contribution is -2.24. The molecular weight excluding hydrogens is 387 g/mol. The summed E-state index contributed by atoms with van der Waals surface area (Å²) in [5, 5.41) is 4.75. The number of ether oxygens (including phenoxy) is 1. The number of benzene rings is 1. The van der Waals surface area contributed by atoms with Gasteiger partial charge in [-0.1, -0.05) is 12.1 Å². The Morgan fingerprint density at radius 3 is 2.69 bits per heavy atom. The van der Waals surface area contributed by atoms with Gasteiger partial charge in [0.15, 0.2) is 11.3 Å². The maximum atomic E-state index is 12.6. The number of aryl methyl sites for hydroxylation is 1. The zero-order valence-corrected chi connectivity index (χ0v) is 15.0. The van der Waals surface area contributed by atoms with Crippen molar-refractivity contribution in [2.75, 3.05) is 5.43 Å². The lowest BCUT2D eigenvalue weighted by molar-refractivity contribution is -0.274. The molecule has 0 bridgehead atoms. The highest BCUT2D eigenvalue weighted by molar-refractivity contribution is 6.00. The molecule has 1 aromatic carbocycles. The molecular formula is C19H14F3N5O2. The fourth-order valence-electron chi connectivity index (χ4n) is 2.91. The number of pyridine rings is 1. The van der Waals surface area contributed by atoms with Crippen molar-refractivity contribution >= 4 is 16.9 Å². The summed E-state index contributed by atoms with van der Waals surface area (Å²) in [4.78, 5) is 16.9. The highest BCUT2D eigenvalue weighted by Crippen LogP contribution is 2.30. The van der Waals surface area contributed by atoms with E-state index in [2.05, 4.69) is 20.2 Å². The molecule has 1 amide bonds. The number of carbonyl (C=O) groups is 1. The highest BCUT2D eigenvalue weighted by atomic mass is 19.4. The van der Waals surface area contributed by atoms with Crippen molar-refractivity contribution in [3.8, 4) is 17.0 Å². The van der Waals surface area contributed by atoms with Crippen LogP contribution in [0.3, 0.4) is 0 Å². The quantitative estimate of drug-likeness (QED) is 0.566. The van der Waals surface area contributed by atoms with Gasteiger partial charge in [-0.3, -0.25) is 14.9 Å². The molecule has 0 radical (unpaired) electrons. The molecule has 7 nitrogen and oxygen atoms in total. The monoisotopic (exact) mass is 401 g/mol. The second-order valence-electron chi connectivity index (χ2n) is 6.17. The Labute approximate surface area is 162 Å². The van der Waals surface area contributed by atoms with Gasteiger partial charge in [-0.15, -0.1) is 13.2 Å². The maximum Gasteiger partial charge on any atom is 0.573 e. The van der Waals surface area contributed by atoms with Crippen molar-refractivity contribution in [3.05, 3.63) is 66.6 Å².